The predicted molar refractivity (Wildman–Crippen MR) is 91.1 cm³/mol. The van der Waals surface area contributed by atoms with Crippen molar-refractivity contribution in [2.24, 2.45) is 0 Å². The molecule has 22 heavy (non-hydrogen) atoms. The van der Waals surface area contributed by atoms with Crippen LogP contribution < -0.4 is 5.32 Å². The van der Waals surface area contributed by atoms with Gasteiger partial charge in [-0.25, -0.2) is 16.8 Å². The maximum Gasteiger partial charge on any atom is 0.173 e. The SMILES string of the molecule is CCC(C)N(C(=S)NC1=CCS(=O)(=O)C1)C1CCS(=O)(=O)C1. The van der Waals surface area contributed by atoms with Crippen molar-refractivity contribution in [3.05, 3.63) is 11.8 Å². The van der Waals surface area contributed by atoms with Gasteiger partial charge in [-0.3, -0.25) is 0 Å². The van der Waals surface area contributed by atoms with Crippen molar-refractivity contribution in [2.45, 2.75) is 38.8 Å². The van der Waals surface area contributed by atoms with Gasteiger partial charge in [0.1, 0.15) is 0 Å². The van der Waals surface area contributed by atoms with Crippen molar-refractivity contribution in [1.29, 1.82) is 0 Å². The first-order valence-electron chi connectivity index (χ1n) is 7.33. The first kappa shape index (κ1) is 17.7. The summed E-state index contributed by atoms with van der Waals surface area (Å²) in [5.74, 6) is 0.282. The van der Waals surface area contributed by atoms with E-state index in [0.717, 1.165) is 6.42 Å². The zero-order valence-electron chi connectivity index (χ0n) is 12.8. The van der Waals surface area contributed by atoms with Crippen LogP contribution in [0.1, 0.15) is 26.7 Å². The monoisotopic (exact) mass is 366 g/mol. The van der Waals surface area contributed by atoms with Crippen LogP contribution in [0, 0.1) is 0 Å². The van der Waals surface area contributed by atoms with Crippen molar-refractivity contribution >= 4 is 37.0 Å². The van der Waals surface area contributed by atoms with Crippen LogP contribution in [0.15, 0.2) is 11.8 Å². The molecule has 6 nitrogen and oxygen atoms in total. The number of sulfone groups is 2. The smallest absolute Gasteiger partial charge is 0.173 e. The summed E-state index contributed by atoms with van der Waals surface area (Å²) in [5, 5.41) is 3.42. The van der Waals surface area contributed by atoms with Gasteiger partial charge in [-0.2, -0.15) is 0 Å². The van der Waals surface area contributed by atoms with E-state index in [1.54, 1.807) is 6.08 Å². The zero-order chi connectivity index (χ0) is 16.5. The molecule has 1 saturated heterocycles. The van der Waals surface area contributed by atoms with Gasteiger partial charge in [0.15, 0.2) is 24.8 Å². The minimum Gasteiger partial charge on any atom is -0.342 e. The molecule has 1 N–H and O–H groups in total. The predicted octanol–water partition coefficient (Wildman–Crippen LogP) is 0.461. The third-order valence-electron chi connectivity index (χ3n) is 4.13. The number of nitrogens with zero attached hydrogens (tertiary/aromatic N) is 1. The fraction of sp³-hybridized carbons (Fsp3) is 0.769. The Labute approximate surface area is 137 Å². The van der Waals surface area contributed by atoms with Gasteiger partial charge in [-0.15, -0.1) is 0 Å². The van der Waals surface area contributed by atoms with Gasteiger partial charge in [0.2, 0.25) is 0 Å². The summed E-state index contributed by atoms with van der Waals surface area (Å²) in [6.45, 7) is 4.02. The van der Waals surface area contributed by atoms with Crippen molar-refractivity contribution < 1.29 is 16.8 Å². The largest absolute Gasteiger partial charge is 0.342 e. The second kappa shape index (κ2) is 6.45. The summed E-state index contributed by atoms with van der Waals surface area (Å²) in [7, 11) is -6.06. The van der Waals surface area contributed by atoms with Crippen LogP contribution >= 0.6 is 12.2 Å². The third-order valence-corrected chi connectivity index (χ3v) is 7.62. The van der Waals surface area contributed by atoms with E-state index in [1.807, 2.05) is 18.7 Å². The van der Waals surface area contributed by atoms with Gasteiger partial charge in [0, 0.05) is 17.8 Å². The third kappa shape index (κ3) is 4.20. The standard InChI is InChI=1S/C13H22N2O4S3/c1-3-10(2)15(12-5-7-22(18,19)9-12)13(20)14-11-4-6-21(16,17)8-11/h4,10,12H,3,5-9H2,1-2H3,(H,14,20). The molecule has 0 spiro atoms. The lowest BCUT2D eigenvalue weighted by Gasteiger charge is -2.36. The van der Waals surface area contributed by atoms with Gasteiger partial charge >= 0.3 is 0 Å². The lowest BCUT2D eigenvalue weighted by molar-refractivity contribution is 0.258. The highest BCUT2D eigenvalue weighted by Crippen LogP contribution is 2.22. The molecule has 2 aliphatic rings. The molecule has 2 atom stereocenters. The summed E-state index contributed by atoms with van der Waals surface area (Å²) in [6.07, 6.45) is 3.02. The van der Waals surface area contributed by atoms with E-state index in [9.17, 15) is 16.8 Å². The maximum absolute atomic E-state index is 11.7. The Bertz CT molecular complexity index is 682. The summed E-state index contributed by atoms with van der Waals surface area (Å²) < 4.78 is 46.4. The fourth-order valence-electron chi connectivity index (χ4n) is 2.79. The Kier molecular flexibility index (Phi) is 5.18. The fourth-order valence-corrected chi connectivity index (χ4v) is 6.20. The Morgan fingerprint density at radius 2 is 2.09 bits per heavy atom. The molecule has 0 aromatic heterocycles. The quantitative estimate of drug-likeness (QED) is 0.724. The minimum atomic E-state index is -3.06. The second-order valence-corrected chi connectivity index (χ2v) is 10.7. The lowest BCUT2D eigenvalue weighted by Crippen LogP contribution is -2.50. The van der Waals surface area contributed by atoms with Crippen LogP contribution in [0.4, 0.5) is 0 Å². The summed E-state index contributed by atoms with van der Waals surface area (Å²) in [5.41, 5.74) is 0.583. The zero-order valence-corrected chi connectivity index (χ0v) is 15.2. The van der Waals surface area contributed by atoms with Crippen LogP contribution in [-0.2, 0) is 19.7 Å². The average molecular weight is 367 g/mol. The van der Waals surface area contributed by atoms with Crippen LogP contribution in [0.5, 0.6) is 0 Å². The van der Waals surface area contributed by atoms with E-state index >= 15 is 0 Å². The minimum absolute atomic E-state index is 0.0269. The second-order valence-electron chi connectivity index (χ2n) is 5.94. The molecule has 2 unspecified atom stereocenters. The first-order valence-corrected chi connectivity index (χ1v) is 11.4. The van der Waals surface area contributed by atoms with Crippen molar-refractivity contribution in [3.8, 4) is 0 Å². The topological polar surface area (TPSA) is 83.6 Å². The summed E-state index contributed by atoms with van der Waals surface area (Å²) in [6, 6.07) is -0.0459. The summed E-state index contributed by atoms with van der Waals surface area (Å²) in [4.78, 5) is 1.92. The first-order chi connectivity index (χ1) is 10.1. The molecule has 0 saturated carbocycles. The number of thiocarbonyl (C=S) groups is 1. The Morgan fingerprint density at radius 1 is 1.41 bits per heavy atom. The van der Waals surface area contributed by atoms with E-state index in [1.165, 1.54) is 0 Å². The van der Waals surface area contributed by atoms with Gasteiger partial charge in [0.05, 0.1) is 23.0 Å². The highest BCUT2D eigenvalue weighted by molar-refractivity contribution is 7.92. The molecule has 2 heterocycles. The normalized spacial score (nSPS) is 27.2. The van der Waals surface area contributed by atoms with Gasteiger partial charge < -0.3 is 10.2 Å². The molecule has 0 bridgehead atoms. The van der Waals surface area contributed by atoms with Crippen LogP contribution in [-0.4, -0.2) is 61.9 Å². The van der Waals surface area contributed by atoms with Crippen molar-refractivity contribution in [1.82, 2.24) is 10.2 Å². The molecule has 126 valence electrons. The van der Waals surface area contributed by atoms with E-state index < -0.39 is 19.7 Å². The maximum atomic E-state index is 11.7. The molecule has 0 aliphatic carbocycles. The molecule has 1 fully saturated rings. The molecular formula is C13H22N2O4S3. The van der Waals surface area contributed by atoms with Crippen molar-refractivity contribution in [2.75, 3.05) is 23.0 Å². The van der Waals surface area contributed by atoms with Gasteiger partial charge in [0.25, 0.3) is 0 Å². The Hall–Kier alpha value is -0.670. The Morgan fingerprint density at radius 3 is 2.55 bits per heavy atom. The molecule has 9 heteroatoms. The molecule has 0 aromatic rings. The number of hydrogen-bond donors (Lipinski definition) is 1. The van der Waals surface area contributed by atoms with E-state index in [-0.39, 0.29) is 35.1 Å². The van der Waals surface area contributed by atoms with Crippen LogP contribution in [0.25, 0.3) is 0 Å². The molecule has 2 rings (SSSR count). The highest BCUT2D eigenvalue weighted by atomic mass is 32.2. The number of rotatable bonds is 4. The van der Waals surface area contributed by atoms with Gasteiger partial charge in [-0.05, 0) is 38.1 Å². The van der Waals surface area contributed by atoms with Crippen LogP contribution in [0.2, 0.25) is 0 Å². The van der Waals surface area contributed by atoms with E-state index in [0.29, 0.717) is 17.2 Å². The van der Waals surface area contributed by atoms with Crippen molar-refractivity contribution in [3.63, 3.8) is 0 Å². The van der Waals surface area contributed by atoms with Crippen LogP contribution in [0.3, 0.4) is 0 Å². The molecule has 0 radical (unpaired) electrons. The molecular weight excluding hydrogens is 344 g/mol. The lowest BCUT2D eigenvalue weighted by atomic mass is 10.1. The van der Waals surface area contributed by atoms with E-state index in [4.69, 9.17) is 12.2 Å². The molecule has 2 aliphatic heterocycles. The number of nitrogens with one attached hydrogen (secondary N) is 1. The van der Waals surface area contributed by atoms with Gasteiger partial charge in [-0.1, -0.05) is 6.92 Å². The number of hydrogen-bond acceptors (Lipinski definition) is 5. The highest BCUT2D eigenvalue weighted by Gasteiger charge is 2.35. The molecule has 0 amide bonds. The van der Waals surface area contributed by atoms with E-state index in [2.05, 4.69) is 5.32 Å². The average Bonchev–Trinajstić information content (AvgIpc) is 2.92. The Balaban J connectivity index is 2.11. The molecule has 0 aromatic carbocycles. The summed E-state index contributed by atoms with van der Waals surface area (Å²) >= 11 is 5.43.